The number of aliphatic carboxylic acids is 2. The van der Waals surface area contributed by atoms with Gasteiger partial charge in [-0.3, -0.25) is 9.59 Å². The molecule has 0 rings (SSSR count). The van der Waals surface area contributed by atoms with Gasteiger partial charge in [0.2, 0.25) is 0 Å². The molecule has 0 aromatic heterocycles. The number of carboxylic acids is 2. The first kappa shape index (κ1) is 23.7. The minimum absolute atomic E-state index is 0.169. The summed E-state index contributed by atoms with van der Waals surface area (Å²) in [6.07, 6.45) is 19.4. The Morgan fingerprint density at radius 3 is 1.44 bits per heavy atom. The number of hydrogen-bond donors (Lipinski definition) is 2. The largest absolute Gasteiger partial charge is 0.481 e. The van der Waals surface area contributed by atoms with E-state index in [1.54, 1.807) is 0 Å². The summed E-state index contributed by atoms with van der Waals surface area (Å²) in [5, 5.41) is 17.2. The van der Waals surface area contributed by atoms with Crippen LogP contribution in [0.25, 0.3) is 0 Å². The van der Waals surface area contributed by atoms with E-state index in [1.165, 1.54) is 70.6 Å². The van der Waals surface area contributed by atoms with E-state index in [0.717, 1.165) is 24.8 Å². The van der Waals surface area contributed by atoms with E-state index in [0.29, 0.717) is 6.42 Å². The van der Waals surface area contributed by atoms with Crippen LogP contribution in [0.3, 0.4) is 0 Å². The molecule has 0 radical (unpaired) electrons. The Morgan fingerprint density at radius 1 is 0.640 bits per heavy atom. The van der Waals surface area contributed by atoms with E-state index in [9.17, 15) is 9.59 Å². The fraction of sp³-hybridized carbons (Fsp3) is 0.810. The Labute approximate surface area is 153 Å². The van der Waals surface area contributed by atoms with Crippen molar-refractivity contribution in [1.29, 1.82) is 0 Å². The summed E-state index contributed by atoms with van der Waals surface area (Å²) in [5.41, 5.74) is 0.967. The molecule has 0 amide bonds. The standard InChI is InChI=1S/C21H38O4/c1-19(18-21(24)25)16-14-12-10-8-6-4-2-3-5-7-9-11-13-15-17-20(22)23/h16H,2-15,17-18H2,1H3,(H,22,23)(H,24,25). The SMILES string of the molecule is CC(=CCCCCCCCCCCCCCCCC(=O)O)CC(=O)O. The summed E-state index contributed by atoms with van der Waals surface area (Å²) in [6.45, 7) is 1.89. The van der Waals surface area contributed by atoms with Gasteiger partial charge in [0.25, 0.3) is 0 Å². The number of allylic oxidation sites excluding steroid dienone is 1. The third-order valence-corrected chi connectivity index (χ3v) is 4.52. The summed E-state index contributed by atoms with van der Waals surface area (Å²) in [5.74, 6) is -1.42. The minimum atomic E-state index is -0.744. The summed E-state index contributed by atoms with van der Waals surface area (Å²) in [4.78, 5) is 20.9. The molecule has 0 aromatic carbocycles. The zero-order valence-electron chi connectivity index (χ0n) is 16.1. The van der Waals surface area contributed by atoms with Crippen LogP contribution in [0.4, 0.5) is 0 Å². The van der Waals surface area contributed by atoms with Gasteiger partial charge in [-0.05, 0) is 26.2 Å². The Bertz CT molecular complexity index is 374. The number of carbonyl (C=O) groups is 2. The molecule has 0 unspecified atom stereocenters. The highest BCUT2D eigenvalue weighted by atomic mass is 16.4. The third-order valence-electron chi connectivity index (χ3n) is 4.52. The first-order chi connectivity index (χ1) is 12.0. The second-order valence-electron chi connectivity index (χ2n) is 7.15. The molecule has 0 aliphatic carbocycles. The highest BCUT2D eigenvalue weighted by Crippen LogP contribution is 2.14. The molecule has 4 heteroatoms. The molecule has 25 heavy (non-hydrogen) atoms. The van der Waals surface area contributed by atoms with Gasteiger partial charge < -0.3 is 10.2 Å². The van der Waals surface area contributed by atoms with Crippen molar-refractivity contribution in [2.75, 3.05) is 0 Å². The smallest absolute Gasteiger partial charge is 0.307 e. The van der Waals surface area contributed by atoms with Gasteiger partial charge in [0.1, 0.15) is 0 Å². The fourth-order valence-corrected chi connectivity index (χ4v) is 3.02. The molecule has 0 saturated heterocycles. The molecule has 0 aliphatic heterocycles. The second-order valence-corrected chi connectivity index (χ2v) is 7.15. The quantitative estimate of drug-likeness (QED) is 0.222. The van der Waals surface area contributed by atoms with Gasteiger partial charge in [0.15, 0.2) is 0 Å². The lowest BCUT2D eigenvalue weighted by Gasteiger charge is -2.03. The zero-order chi connectivity index (χ0) is 18.8. The van der Waals surface area contributed by atoms with Crippen LogP contribution in [-0.4, -0.2) is 22.2 Å². The highest BCUT2D eigenvalue weighted by Gasteiger charge is 1.98. The maximum absolute atomic E-state index is 10.5. The molecule has 4 nitrogen and oxygen atoms in total. The monoisotopic (exact) mass is 354 g/mol. The Morgan fingerprint density at radius 2 is 1.04 bits per heavy atom. The maximum Gasteiger partial charge on any atom is 0.307 e. The van der Waals surface area contributed by atoms with E-state index in [1.807, 2.05) is 6.92 Å². The van der Waals surface area contributed by atoms with Crippen LogP contribution in [0, 0.1) is 0 Å². The highest BCUT2D eigenvalue weighted by molar-refractivity contribution is 5.69. The van der Waals surface area contributed by atoms with E-state index in [4.69, 9.17) is 10.2 Å². The first-order valence-electron chi connectivity index (χ1n) is 10.1. The first-order valence-corrected chi connectivity index (χ1v) is 10.1. The second kappa shape index (κ2) is 17.5. The van der Waals surface area contributed by atoms with Crippen LogP contribution >= 0.6 is 0 Å². The van der Waals surface area contributed by atoms with Gasteiger partial charge >= 0.3 is 11.9 Å². The molecule has 0 bridgehead atoms. The summed E-state index contributed by atoms with van der Waals surface area (Å²) >= 11 is 0. The molecule has 0 saturated carbocycles. The van der Waals surface area contributed by atoms with Crippen LogP contribution < -0.4 is 0 Å². The van der Waals surface area contributed by atoms with Gasteiger partial charge in [-0.2, -0.15) is 0 Å². The summed E-state index contributed by atoms with van der Waals surface area (Å²) < 4.78 is 0. The number of rotatable bonds is 18. The van der Waals surface area contributed by atoms with E-state index in [-0.39, 0.29) is 6.42 Å². The molecule has 0 spiro atoms. The molecule has 0 atom stereocenters. The van der Waals surface area contributed by atoms with Gasteiger partial charge in [0.05, 0.1) is 6.42 Å². The maximum atomic E-state index is 10.5. The van der Waals surface area contributed by atoms with Crippen LogP contribution in [0.1, 0.15) is 110 Å². The van der Waals surface area contributed by atoms with E-state index in [2.05, 4.69) is 6.08 Å². The van der Waals surface area contributed by atoms with Crippen LogP contribution in [0.5, 0.6) is 0 Å². The summed E-state index contributed by atoms with van der Waals surface area (Å²) in [7, 11) is 0. The average Bonchev–Trinajstić information content (AvgIpc) is 2.53. The molecular formula is C21H38O4. The topological polar surface area (TPSA) is 74.6 Å². The van der Waals surface area contributed by atoms with E-state index >= 15 is 0 Å². The van der Waals surface area contributed by atoms with Gasteiger partial charge in [-0.15, -0.1) is 0 Å². The zero-order valence-corrected chi connectivity index (χ0v) is 16.1. The molecule has 146 valence electrons. The van der Waals surface area contributed by atoms with Crippen molar-refractivity contribution in [2.45, 2.75) is 110 Å². The molecular weight excluding hydrogens is 316 g/mol. The average molecular weight is 355 g/mol. The molecule has 0 heterocycles. The normalized spacial score (nSPS) is 11.6. The molecule has 0 fully saturated rings. The van der Waals surface area contributed by atoms with Gasteiger partial charge in [-0.1, -0.05) is 82.3 Å². The lowest BCUT2D eigenvalue weighted by molar-refractivity contribution is -0.137. The van der Waals surface area contributed by atoms with Crippen LogP contribution in [0.2, 0.25) is 0 Å². The Balaban J connectivity index is 3.16. The van der Waals surface area contributed by atoms with E-state index < -0.39 is 11.9 Å². The van der Waals surface area contributed by atoms with Gasteiger partial charge in [-0.25, -0.2) is 0 Å². The number of hydrogen-bond acceptors (Lipinski definition) is 2. The lowest BCUT2D eigenvalue weighted by Crippen LogP contribution is -1.94. The Hall–Kier alpha value is -1.32. The van der Waals surface area contributed by atoms with Crippen LogP contribution in [-0.2, 0) is 9.59 Å². The van der Waals surface area contributed by atoms with Crippen molar-refractivity contribution < 1.29 is 19.8 Å². The van der Waals surface area contributed by atoms with Crippen molar-refractivity contribution in [2.24, 2.45) is 0 Å². The van der Waals surface area contributed by atoms with Crippen molar-refractivity contribution >= 4 is 11.9 Å². The summed E-state index contributed by atoms with van der Waals surface area (Å²) in [6, 6.07) is 0. The predicted molar refractivity (Wildman–Crippen MR) is 103 cm³/mol. The molecule has 0 aromatic rings. The predicted octanol–water partition coefficient (Wildman–Crippen LogP) is 6.34. The fourth-order valence-electron chi connectivity index (χ4n) is 3.02. The lowest BCUT2D eigenvalue weighted by atomic mass is 10.0. The van der Waals surface area contributed by atoms with Crippen molar-refractivity contribution in [1.82, 2.24) is 0 Å². The number of unbranched alkanes of at least 4 members (excludes halogenated alkanes) is 13. The van der Waals surface area contributed by atoms with Crippen molar-refractivity contribution in [3.05, 3.63) is 11.6 Å². The van der Waals surface area contributed by atoms with Crippen molar-refractivity contribution in [3.63, 3.8) is 0 Å². The van der Waals surface area contributed by atoms with Crippen LogP contribution in [0.15, 0.2) is 11.6 Å². The van der Waals surface area contributed by atoms with Gasteiger partial charge in [0, 0.05) is 6.42 Å². The molecule has 0 aliphatic rings. The third kappa shape index (κ3) is 20.6. The minimum Gasteiger partial charge on any atom is -0.481 e. The van der Waals surface area contributed by atoms with Crippen molar-refractivity contribution in [3.8, 4) is 0 Å². The number of carboxylic acid groups (broad SMARTS) is 2. The molecule has 2 N–H and O–H groups in total. The Kier molecular flexibility index (Phi) is 16.6.